The minimum Gasteiger partial charge on any atom is -0.465 e. The molecule has 1 aromatic rings. The van der Waals surface area contributed by atoms with E-state index in [2.05, 4.69) is 21.6 Å². The number of piperidine rings is 1. The van der Waals surface area contributed by atoms with Gasteiger partial charge in [-0.3, -0.25) is 15.0 Å². The van der Waals surface area contributed by atoms with Crippen LogP contribution in [0.1, 0.15) is 23.2 Å². The zero-order chi connectivity index (χ0) is 19.6. The van der Waals surface area contributed by atoms with Gasteiger partial charge in [-0.1, -0.05) is 11.6 Å². The van der Waals surface area contributed by atoms with Gasteiger partial charge in [0.2, 0.25) is 0 Å². The number of likely N-dealkylation sites (tertiary alicyclic amines) is 1. The van der Waals surface area contributed by atoms with Crippen LogP contribution in [0.25, 0.3) is 0 Å². The van der Waals surface area contributed by atoms with Gasteiger partial charge in [0.05, 0.1) is 22.6 Å². The monoisotopic (exact) mass is 396 g/mol. The van der Waals surface area contributed by atoms with Crippen molar-refractivity contribution in [3.05, 3.63) is 32.8 Å². The number of nitro groups is 1. The van der Waals surface area contributed by atoms with Gasteiger partial charge in [-0.05, 0) is 32.5 Å². The third-order valence-corrected chi connectivity index (χ3v) is 5.75. The van der Waals surface area contributed by atoms with E-state index < -0.39 is 10.9 Å². The van der Waals surface area contributed by atoms with Crippen LogP contribution in [0.4, 0.5) is 11.4 Å². The predicted octanol–water partition coefficient (Wildman–Crippen LogP) is 2.25. The maximum Gasteiger partial charge on any atom is 0.339 e. The lowest BCUT2D eigenvalue weighted by atomic mass is 10.0. The number of likely N-dealkylation sites (N-methyl/N-ethyl adjacent to an activating group) is 1. The minimum absolute atomic E-state index is 0.0125. The van der Waals surface area contributed by atoms with Crippen LogP contribution in [-0.4, -0.2) is 80.2 Å². The molecule has 1 unspecified atom stereocenters. The molecule has 2 fully saturated rings. The first kappa shape index (κ1) is 19.9. The first-order valence-electron chi connectivity index (χ1n) is 9.14. The van der Waals surface area contributed by atoms with Crippen LogP contribution in [0.5, 0.6) is 0 Å². The van der Waals surface area contributed by atoms with Crippen LogP contribution < -0.4 is 4.90 Å². The number of carbonyl (C=O) groups is 1. The SMILES string of the molecule is COC(=O)c1cc([N+](=O)[O-])c(N2CCN(C3CCCN(C)C3)CC2)cc1Cl. The third-order valence-electron chi connectivity index (χ3n) is 5.44. The van der Waals surface area contributed by atoms with Gasteiger partial charge in [0.15, 0.2) is 0 Å². The molecule has 0 bridgehead atoms. The van der Waals surface area contributed by atoms with E-state index in [1.54, 1.807) is 0 Å². The summed E-state index contributed by atoms with van der Waals surface area (Å²) in [4.78, 5) is 29.7. The highest BCUT2D eigenvalue weighted by Crippen LogP contribution is 2.35. The lowest BCUT2D eigenvalue weighted by Crippen LogP contribution is -2.54. The Morgan fingerprint density at radius 1 is 1.26 bits per heavy atom. The molecule has 0 aromatic heterocycles. The van der Waals surface area contributed by atoms with Crippen molar-refractivity contribution < 1.29 is 14.5 Å². The molecule has 2 heterocycles. The summed E-state index contributed by atoms with van der Waals surface area (Å²) in [7, 11) is 3.37. The van der Waals surface area contributed by atoms with E-state index in [-0.39, 0.29) is 16.3 Å². The summed E-state index contributed by atoms with van der Waals surface area (Å²) in [6, 6.07) is 3.27. The number of hydrogen-bond donors (Lipinski definition) is 0. The quantitative estimate of drug-likeness (QED) is 0.438. The topological polar surface area (TPSA) is 79.2 Å². The molecule has 9 heteroatoms. The molecule has 0 aliphatic carbocycles. The Kier molecular flexibility index (Phi) is 6.18. The Morgan fingerprint density at radius 3 is 2.56 bits per heavy atom. The lowest BCUT2D eigenvalue weighted by molar-refractivity contribution is -0.384. The Morgan fingerprint density at radius 2 is 1.96 bits per heavy atom. The highest BCUT2D eigenvalue weighted by atomic mass is 35.5. The third kappa shape index (κ3) is 4.34. The molecule has 8 nitrogen and oxygen atoms in total. The normalized spacial score (nSPS) is 21.9. The van der Waals surface area contributed by atoms with E-state index in [9.17, 15) is 14.9 Å². The van der Waals surface area contributed by atoms with E-state index in [0.29, 0.717) is 24.8 Å². The molecule has 148 valence electrons. The Bertz CT molecular complexity index is 722. The number of anilines is 1. The number of nitrogens with zero attached hydrogens (tertiary/aromatic N) is 4. The Labute approximate surface area is 163 Å². The van der Waals surface area contributed by atoms with Gasteiger partial charge in [-0.2, -0.15) is 0 Å². The van der Waals surface area contributed by atoms with Gasteiger partial charge in [0, 0.05) is 44.8 Å². The van der Waals surface area contributed by atoms with Crippen LogP contribution in [0.2, 0.25) is 5.02 Å². The Balaban J connectivity index is 1.76. The van der Waals surface area contributed by atoms with Crippen LogP contribution in [-0.2, 0) is 4.74 Å². The summed E-state index contributed by atoms with van der Waals surface area (Å²) in [5.74, 6) is -0.680. The second-order valence-corrected chi connectivity index (χ2v) is 7.56. The molecule has 0 amide bonds. The summed E-state index contributed by atoms with van der Waals surface area (Å²) in [5, 5.41) is 11.7. The number of benzene rings is 1. The van der Waals surface area contributed by atoms with Crippen molar-refractivity contribution in [2.45, 2.75) is 18.9 Å². The summed E-state index contributed by atoms with van der Waals surface area (Å²) >= 11 is 6.20. The van der Waals surface area contributed by atoms with Gasteiger partial charge in [0.1, 0.15) is 5.69 Å². The molecular weight excluding hydrogens is 372 g/mol. The van der Waals surface area contributed by atoms with Gasteiger partial charge < -0.3 is 14.5 Å². The van der Waals surface area contributed by atoms with Crippen LogP contribution >= 0.6 is 11.6 Å². The van der Waals surface area contributed by atoms with Crippen LogP contribution in [0.15, 0.2) is 12.1 Å². The average molecular weight is 397 g/mol. The molecule has 2 saturated heterocycles. The fraction of sp³-hybridized carbons (Fsp3) is 0.611. The number of esters is 1. The molecule has 0 saturated carbocycles. The first-order valence-corrected chi connectivity index (χ1v) is 9.52. The van der Waals surface area contributed by atoms with E-state index in [0.717, 1.165) is 26.2 Å². The summed E-state index contributed by atoms with van der Waals surface area (Å²) in [6.07, 6.45) is 2.40. The maximum atomic E-state index is 11.8. The predicted molar refractivity (Wildman–Crippen MR) is 104 cm³/mol. The zero-order valence-corrected chi connectivity index (χ0v) is 16.4. The highest BCUT2D eigenvalue weighted by Gasteiger charge is 2.30. The molecule has 2 aliphatic heterocycles. The number of carbonyl (C=O) groups excluding carboxylic acids is 1. The highest BCUT2D eigenvalue weighted by molar-refractivity contribution is 6.34. The van der Waals surface area contributed by atoms with Crippen molar-refractivity contribution in [1.82, 2.24) is 9.80 Å². The number of methoxy groups -OCH3 is 1. The van der Waals surface area contributed by atoms with Crippen molar-refractivity contribution in [3.63, 3.8) is 0 Å². The molecule has 0 spiro atoms. The van der Waals surface area contributed by atoms with Crippen molar-refractivity contribution in [2.75, 3.05) is 58.3 Å². The largest absolute Gasteiger partial charge is 0.465 e. The van der Waals surface area contributed by atoms with E-state index >= 15 is 0 Å². The molecule has 0 N–H and O–H groups in total. The minimum atomic E-state index is -0.680. The number of piperazine rings is 1. The molecule has 27 heavy (non-hydrogen) atoms. The van der Waals surface area contributed by atoms with Gasteiger partial charge >= 0.3 is 5.97 Å². The number of rotatable bonds is 4. The van der Waals surface area contributed by atoms with Crippen molar-refractivity contribution in [2.24, 2.45) is 0 Å². The number of halogens is 1. The van der Waals surface area contributed by atoms with Gasteiger partial charge in [-0.15, -0.1) is 0 Å². The van der Waals surface area contributed by atoms with E-state index in [1.165, 1.54) is 32.1 Å². The van der Waals surface area contributed by atoms with Crippen LogP contribution in [0, 0.1) is 10.1 Å². The smallest absolute Gasteiger partial charge is 0.339 e. The second kappa shape index (κ2) is 8.41. The zero-order valence-electron chi connectivity index (χ0n) is 15.7. The molecule has 1 atom stereocenters. The van der Waals surface area contributed by atoms with E-state index in [1.807, 2.05) is 4.90 Å². The van der Waals surface area contributed by atoms with Crippen molar-refractivity contribution in [3.8, 4) is 0 Å². The molecular formula is C18H25ClN4O4. The molecule has 0 radical (unpaired) electrons. The fourth-order valence-electron chi connectivity index (χ4n) is 3.98. The Hall–Kier alpha value is -1.90. The van der Waals surface area contributed by atoms with Gasteiger partial charge in [-0.25, -0.2) is 4.79 Å². The first-order chi connectivity index (χ1) is 12.9. The standard InChI is InChI=1S/C18H25ClN4O4/c1-20-5-3-4-13(12-20)21-6-8-22(9-7-21)16-11-15(19)14(18(24)27-2)10-17(16)23(25)26/h10-11,13H,3-9,12H2,1-2H3. The molecule has 1 aromatic carbocycles. The maximum absolute atomic E-state index is 11.8. The van der Waals surface area contributed by atoms with E-state index in [4.69, 9.17) is 11.6 Å². The molecule has 3 rings (SSSR count). The average Bonchev–Trinajstić information content (AvgIpc) is 2.67. The van der Waals surface area contributed by atoms with Gasteiger partial charge in [0.25, 0.3) is 5.69 Å². The second-order valence-electron chi connectivity index (χ2n) is 7.15. The number of hydrogen-bond acceptors (Lipinski definition) is 7. The van der Waals surface area contributed by atoms with Crippen molar-refractivity contribution in [1.29, 1.82) is 0 Å². The number of nitro benzene ring substituents is 1. The lowest BCUT2D eigenvalue weighted by Gasteiger charge is -2.43. The summed E-state index contributed by atoms with van der Waals surface area (Å²) < 4.78 is 4.66. The van der Waals surface area contributed by atoms with Crippen molar-refractivity contribution >= 4 is 28.9 Å². The number of ether oxygens (including phenoxy) is 1. The summed E-state index contributed by atoms with van der Waals surface area (Å²) in [6.45, 7) is 5.30. The van der Waals surface area contributed by atoms with Crippen LogP contribution in [0.3, 0.4) is 0 Å². The molecule has 2 aliphatic rings. The fourth-order valence-corrected chi connectivity index (χ4v) is 4.22. The summed E-state index contributed by atoms with van der Waals surface area (Å²) in [5.41, 5.74) is 0.349.